The Kier molecular flexibility index (Phi) is 11.9. The summed E-state index contributed by atoms with van der Waals surface area (Å²) in [6, 6.07) is 7.97. The zero-order valence-electron chi connectivity index (χ0n) is 22.1. The molecule has 0 unspecified atom stereocenters. The van der Waals surface area contributed by atoms with E-state index in [1.807, 2.05) is 29.2 Å². The van der Waals surface area contributed by atoms with E-state index in [-0.39, 0.29) is 18.3 Å². The Balaban J connectivity index is 0.00000380. The van der Waals surface area contributed by atoms with E-state index >= 15 is 0 Å². The van der Waals surface area contributed by atoms with E-state index < -0.39 is 0 Å². The molecule has 202 valence electrons. The predicted molar refractivity (Wildman–Crippen MR) is 151 cm³/mol. The van der Waals surface area contributed by atoms with E-state index in [1.54, 1.807) is 0 Å². The fourth-order valence-electron chi connectivity index (χ4n) is 4.71. The van der Waals surface area contributed by atoms with Crippen LogP contribution in [0.4, 0.5) is 5.95 Å². The van der Waals surface area contributed by atoms with Crippen LogP contribution in [0.15, 0.2) is 36.7 Å². The predicted octanol–water partition coefficient (Wildman–Crippen LogP) is 5.14. The SMILES string of the molecule is CCCCCc1ccc(C(=O)NCCn2cc(CCCCCc3cnc(N4CCCC4)[nH]3)nn2)cc1.Cl. The minimum atomic E-state index is -0.0414. The molecule has 3 aromatic rings. The molecule has 4 rings (SSSR count). The van der Waals surface area contributed by atoms with Crippen LogP contribution in [-0.2, 0) is 25.8 Å². The third-order valence-electron chi connectivity index (χ3n) is 6.90. The number of aromatic amines is 1. The summed E-state index contributed by atoms with van der Waals surface area (Å²) < 4.78 is 1.82. The number of carbonyl (C=O) groups is 1. The number of amides is 1. The van der Waals surface area contributed by atoms with Crippen molar-refractivity contribution in [3.63, 3.8) is 0 Å². The minimum absolute atomic E-state index is 0. The fraction of sp³-hybridized carbons (Fsp3) is 0.571. The van der Waals surface area contributed by atoms with Crippen molar-refractivity contribution >= 4 is 24.3 Å². The molecule has 3 heterocycles. The lowest BCUT2D eigenvalue weighted by Crippen LogP contribution is -2.27. The van der Waals surface area contributed by atoms with Crippen molar-refractivity contribution in [2.75, 3.05) is 24.5 Å². The van der Waals surface area contributed by atoms with E-state index in [0.29, 0.717) is 18.7 Å². The molecule has 1 amide bonds. The zero-order valence-corrected chi connectivity index (χ0v) is 22.9. The summed E-state index contributed by atoms with van der Waals surface area (Å²) in [5, 5.41) is 11.5. The van der Waals surface area contributed by atoms with E-state index in [9.17, 15) is 4.79 Å². The van der Waals surface area contributed by atoms with Crippen LogP contribution < -0.4 is 10.2 Å². The van der Waals surface area contributed by atoms with Crippen molar-refractivity contribution in [3.8, 4) is 0 Å². The Morgan fingerprint density at radius 1 is 1.00 bits per heavy atom. The lowest BCUT2D eigenvalue weighted by atomic mass is 10.1. The quantitative estimate of drug-likeness (QED) is 0.267. The molecule has 0 atom stereocenters. The van der Waals surface area contributed by atoms with Gasteiger partial charge in [-0.3, -0.25) is 9.48 Å². The fourth-order valence-corrected chi connectivity index (χ4v) is 4.71. The summed E-state index contributed by atoms with van der Waals surface area (Å²) in [5.41, 5.74) is 4.24. The number of rotatable bonds is 15. The van der Waals surface area contributed by atoms with Gasteiger partial charge in [0.05, 0.1) is 18.4 Å². The first-order valence-corrected chi connectivity index (χ1v) is 13.8. The zero-order chi connectivity index (χ0) is 25.0. The van der Waals surface area contributed by atoms with Gasteiger partial charge in [0.15, 0.2) is 0 Å². The monoisotopic (exact) mass is 527 g/mol. The second-order valence-corrected chi connectivity index (χ2v) is 9.87. The molecule has 0 spiro atoms. The molecule has 0 bridgehead atoms. The molecule has 2 N–H and O–H groups in total. The molecule has 1 saturated heterocycles. The second kappa shape index (κ2) is 15.4. The number of benzene rings is 1. The van der Waals surface area contributed by atoms with Gasteiger partial charge >= 0.3 is 0 Å². The number of hydrogen-bond donors (Lipinski definition) is 2. The summed E-state index contributed by atoms with van der Waals surface area (Å²) in [7, 11) is 0. The molecular formula is C28H42ClN7O. The topological polar surface area (TPSA) is 91.7 Å². The third kappa shape index (κ3) is 9.18. The van der Waals surface area contributed by atoms with Crippen LogP contribution in [0, 0.1) is 0 Å². The van der Waals surface area contributed by atoms with Crippen molar-refractivity contribution in [1.82, 2.24) is 30.3 Å². The summed E-state index contributed by atoms with van der Waals surface area (Å²) in [5.74, 6) is 0.992. The first-order valence-electron chi connectivity index (χ1n) is 13.8. The highest BCUT2D eigenvalue weighted by molar-refractivity contribution is 5.94. The molecule has 0 aliphatic carbocycles. The number of unbranched alkanes of at least 4 members (excludes halogenated alkanes) is 4. The smallest absolute Gasteiger partial charge is 0.251 e. The van der Waals surface area contributed by atoms with Gasteiger partial charge in [-0.1, -0.05) is 43.5 Å². The van der Waals surface area contributed by atoms with Crippen LogP contribution in [0.5, 0.6) is 0 Å². The largest absolute Gasteiger partial charge is 0.350 e. The van der Waals surface area contributed by atoms with Gasteiger partial charge in [0.25, 0.3) is 5.91 Å². The lowest BCUT2D eigenvalue weighted by molar-refractivity contribution is 0.0952. The Hall–Kier alpha value is -2.87. The van der Waals surface area contributed by atoms with Gasteiger partial charge < -0.3 is 15.2 Å². The van der Waals surface area contributed by atoms with Gasteiger partial charge in [0.2, 0.25) is 5.95 Å². The third-order valence-corrected chi connectivity index (χ3v) is 6.90. The number of aryl methyl sites for hydroxylation is 3. The molecule has 1 aliphatic rings. The number of anilines is 1. The standard InChI is InChI=1S/C28H41N7O.ClH/c1-2-3-5-10-23-13-15-24(16-14-23)27(36)29-17-20-35-22-26(32-33-35)12-7-4-6-11-25-21-30-28(31-25)34-18-8-9-19-34;/h13-16,21-22H,2-12,17-20H2,1H3,(H,29,36)(H,30,31);1H. The lowest BCUT2D eigenvalue weighted by Gasteiger charge is -2.12. The molecule has 1 fully saturated rings. The van der Waals surface area contributed by atoms with Crippen molar-refractivity contribution in [1.29, 1.82) is 0 Å². The van der Waals surface area contributed by atoms with Gasteiger partial charge in [-0.05, 0) is 69.1 Å². The van der Waals surface area contributed by atoms with Crippen LogP contribution in [0.2, 0.25) is 0 Å². The molecule has 8 nitrogen and oxygen atoms in total. The van der Waals surface area contributed by atoms with Crippen LogP contribution in [0.1, 0.15) is 85.6 Å². The van der Waals surface area contributed by atoms with Crippen LogP contribution in [0.3, 0.4) is 0 Å². The van der Waals surface area contributed by atoms with Gasteiger partial charge in [0, 0.05) is 37.1 Å². The highest BCUT2D eigenvalue weighted by Crippen LogP contribution is 2.17. The maximum absolute atomic E-state index is 12.4. The average Bonchev–Trinajstić information content (AvgIpc) is 3.67. The first kappa shape index (κ1) is 28.7. The van der Waals surface area contributed by atoms with Crippen LogP contribution in [-0.4, -0.2) is 50.5 Å². The second-order valence-electron chi connectivity index (χ2n) is 9.87. The van der Waals surface area contributed by atoms with E-state index in [4.69, 9.17) is 0 Å². The maximum Gasteiger partial charge on any atom is 0.251 e. The molecule has 1 aromatic carbocycles. The normalized spacial score (nSPS) is 13.1. The number of aromatic nitrogens is 5. The summed E-state index contributed by atoms with van der Waals surface area (Å²) >= 11 is 0. The first-order chi connectivity index (χ1) is 17.7. The number of nitrogens with one attached hydrogen (secondary N) is 2. The summed E-state index contributed by atoms with van der Waals surface area (Å²) in [4.78, 5) is 22.8. The molecule has 0 radical (unpaired) electrons. The van der Waals surface area contributed by atoms with Gasteiger partial charge in [-0.2, -0.15) is 0 Å². The summed E-state index contributed by atoms with van der Waals surface area (Å²) in [6.45, 7) is 5.60. The molecule has 9 heteroatoms. The Labute approximate surface area is 227 Å². The molecule has 37 heavy (non-hydrogen) atoms. The Morgan fingerprint density at radius 3 is 2.54 bits per heavy atom. The summed E-state index contributed by atoms with van der Waals surface area (Å²) in [6.07, 6.45) is 16.6. The van der Waals surface area contributed by atoms with E-state index in [0.717, 1.165) is 63.3 Å². The van der Waals surface area contributed by atoms with Crippen molar-refractivity contribution < 1.29 is 4.79 Å². The molecular weight excluding hydrogens is 486 g/mol. The number of halogens is 1. The minimum Gasteiger partial charge on any atom is -0.350 e. The molecule has 2 aromatic heterocycles. The van der Waals surface area contributed by atoms with Gasteiger partial charge in [-0.15, -0.1) is 17.5 Å². The number of hydrogen-bond acceptors (Lipinski definition) is 5. The Morgan fingerprint density at radius 2 is 1.76 bits per heavy atom. The Bertz CT molecular complexity index is 1060. The highest BCUT2D eigenvalue weighted by atomic mass is 35.5. The van der Waals surface area contributed by atoms with E-state index in [1.165, 1.54) is 43.4 Å². The van der Waals surface area contributed by atoms with Crippen molar-refractivity contribution in [2.24, 2.45) is 0 Å². The molecule has 0 saturated carbocycles. The number of H-pyrrole nitrogens is 1. The van der Waals surface area contributed by atoms with E-state index in [2.05, 4.69) is 49.6 Å². The van der Waals surface area contributed by atoms with Crippen LogP contribution >= 0.6 is 12.4 Å². The number of nitrogens with zero attached hydrogens (tertiary/aromatic N) is 5. The van der Waals surface area contributed by atoms with Gasteiger partial charge in [-0.25, -0.2) is 4.98 Å². The van der Waals surface area contributed by atoms with Gasteiger partial charge in [0.1, 0.15) is 0 Å². The average molecular weight is 528 g/mol. The highest BCUT2D eigenvalue weighted by Gasteiger charge is 2.15. The van der Waals surface area contributed by atoms with Crippen LogP contribution in [0.25, 0.3) is 0 Å². The van der Waals surface area contributed by atoms with Crippen molar-refractivity contribution in [3.05, 3.63) is 59.2 Å². The maximum atomic E-state index is 12.4. The number of imidazole rings is 1. The molecule has 1 aliphatic heterocycles. The van der Waals surface area contributed by atoms with Crippen molar-refractivity contribution in [2.45, 2.75) is 84.1 Å². The number of carbonyl (C=O) groups excluding carboxylic acids is 1.